The van der Waals surface area contributed by atoms with E-state index in [1.807, 2.05) is 11.8 Å². The highest BCUT2D eigenvalue weighted by atomic mass is 16.5. The molecule has 0 saturated carbocycles. The number of nitrogens with zero attached hydrogens (tertiary/aromatic N) is 5. The van der Waals surface area contributed by atoms with E-state index >= 15 is 0 Å². The Balaban J connectivity index is 1.37. The average Bonchev–Trinajstić information content (AvgIpc) is 3.19. The van der Waals surface area contributed by atoms with Crippen molar-refractivity contribution in [2.24, 2.45) is 5.92 Å². The number of amides is 1. The van der Waals surface area contributed by atoms with Crippen molar-refractivity contribution < 1.29 is 9.32 Å². The zero-order valence-corrected chi connectivity index (χ0v) is 15.0. The lowest BCUT2D eigenvalue weighted by Gasteiger charge is -2.33. The summed E-state index contributed by atoms with van der Waals surface area (Å²) in [6.45, 7) is 3.41. The highest BCUT2D eigenvalue weighted by molar-refractivity contribution is 5.79. The number of hydrogen-bond acceptors (Lipinski definition) is 6. The van der Waals surface area contributed by atoms with Crippen LogP contribution in [0.15, 0.2) is 29.1 Å². The summed E-state index contributed by atoms with van der Waals surface area (Å²) in [6, 6.07) is 0. The van der Waals surface area contributed by atoms with Crippen LogP contribution in [-0.2, 0) is 4.79 Å². The SMILES string of the molecule is Cc1cnc(-c2nc(C3CCN(C(=O)[C@@H]4CC=CCC4)CC3)no2)cn1. The zero-order valence-electron chi connectivity index (χ0n) is 15.0. The highest BCUT2D eigenvalue weighted by Gasteiger charge is 2.30. The Hall–Kier alpha value is -2.57. The molecule has 7 heteroatoms. The van der Waals surface area contributed by atoms with Crippen molar-refractivity contribution in [2.75, 3.05) is 13.1 Å². The molecular weight excluding hydrogens is 330 g/mol. The standard InChI is InChI=1S/C19H23N5O2/c1-13-11-21-16(12-20-13)18-22-17(23-26-18)14-7-9-24(10-8-14)19(25)15-5-3-2-4-6-15/h2-3,11-12,14-15H,4-10H2,1H3/t15-/m1/s1. The molecule has 0 aromatic carbocycles. The van der Waals surface area contributed by atoms with Gasteiger partial charge in [0.15, 0.2) is 5.82 Å². The summed E-state index contributed by atoms with van der Waals surface area (Å²) in [5.41, 5.74) is 1.44. The van der Waals surface area contributed by atoms with Crippen LogP contribution in [0.25, 0.3) is 11.6 Å². The summed E-state index contributed by atoms with van der Waals surface area (Å²) < 4.78 is 5.36. The minimum Gasteiger partial charge on any atom is -0.342 e. The molecule has 26 heavy (non-hydrogen) atoms. The molecule has 136 valence electrons. The molecular formula is C19H23N5O2. The minimum absolute atomic E-state index is 0.161. The zero-order chi connectivity index (χ0) is 17.9. The van der Waals surface area contributed by atoms with Gasteiger partial charge in [-0.25, -0.2) is 4.98 Å². The fraction of sp³-hybridized carbons (Fsp3) is 0.526. The Kier molecular flexibility index (Phi) is 4.77. The molecule has 2 aliphatic rings. The van der Waals surface area contributed by atoms with Crippen molar-refractivity contribution in [3.63, 3.8) is 0 Å². The topological polar surface area (TPSA) is 85.0 Å². The first-order valence-electron chi connectivity index (χ1n) is 9.27. The normalized spacial score (nSPS) is 21.1. The molecule has 0 radical (unpaired) electrons. The van der Waals surface area contributed by atoms with Crippen molar-refractivity contribution in [1.82, 2.24) is 25.0 Å². The summed E-state index contributed by atoms with van der Waals surface area (Å²) >= 11 is 0. The Morgan fingerprint density at radius 3 is 2.69 bits per heavy atom. The van der Waals surface area contributed by atoms with E-state index in [0.717, 1.165) is 50.9 Å². The minimum atomic E-state index is 0.161. The van der Waals surface area contributed by atoms with E-state index in [-0.39, 0.29) is 11.8 Å². The Labute approximate surface area is 152 Å². The smallest absolute Gasteiger partial charge is 0.278 e. The van der Waals surface area contributed by atoms with Gasteiger partial charge in [0, 0.05) is 31.1 Å². The lowest BCUT2D eigenvalue weighted by Crippen LogP contribution is -2.41. The maximum absolute atomic E-state index is 12.6. The lowest BCUT2D eigenvalue weighted by atomic mass is 9.90. The monoisotopic (exact) mass is 353 g/mol. The van der Waals surface area contributed by atoms with E-state index < -0.39 is 0 Å². The molecule has 1 fully saturated rings. The van der Waals surface area contributed by atoms with Gasteiger partial charge in [-0.3, -0.25) is 9.78 Å². The number of piperidine rings is 1. The predicted octanol–water partition coefficient (Wildman–Crippen LogP) is 2.90. The molecule has 2 aromatic rings. The molecule has 3 heterocycles. The second-order valence-corrected chi connectivity index (χ2v) is 7.08. The summed E-state index contributed by atoms with van der Waals surface area (Å²) in [5, 5.41) is 4.13. The number of aromatic nitrogens is 4. The van der Waals surface area contributed by atoms with Crippen molar-refractivity contribution in [3.05, 3.63) is 36.1 Å². The van der Waals surface area contributed by atoms with Crippen molar-refractivity contribution in [2.45, 2.75) is 44.9 Å². The van der Waals surface area contributed by atoms with E-state index in [9.17, 15) is 4.79 Å². The quantitative estimate of drug-likeness (QED) is 0.789. The molecule has 1 atom stereocenters. The summed E-state index contributed by atoms with van der Waals surface area (Å²) in [5.74, 6) is 1.79. The van der Waals surface area contributed by atoms with Gasteiger partial charge in [-0.1, -0.05) is 17.3 Å². The maximum atomic E-state index is 12.6. The largest absolute Gasteiger partial charge is 0.342 e. The van der Waals surface area contributed by atoms with Crippen molar-refractivity contribution >= 4 is 5.91 Å². The van der Waals surface area contributed by atoms with Crippen LogP contribution >= 0.6 is 0 Å². The number of rotatable bonds is 3. The maximum Gasteiger partial charge on any atom is 0.278 e. The van der Waals surface area contributed by atoms with Crippen molar-refractivity contribution in [3.8, 4) is 11.6 Å². The first-order chi connectivity index (χ1) is 12.7. The molecule has 1 aliphatic carbocycles. The van der Waals surface area contributed by atoms with E-state index in [0.29, 0.717) is 23.3 Å². The van der Waals surface area contributed by atoms with Gasteiger partial charge in [0.2, 0.25) is 5.91 Å². The van der Waals surface area contributed by atoms with Gasteiger partial charge in [-0.2, -0.15) is 4.98 Å². The molecule has 0 N–H and O–H groups in total. The molecule has 2 aromatic heterocycles. The number of hydrogen-bond donors (Lipinski definition) is 0. The molecule has 4 rings (SSSR count). The van der Waals surface area contributed by atoms with Crippen molar-refractivity contribution in [1.29, 1.82) is 0 Å². The van der Waals surface area contributed by atoms with Gasteiger partial charge in [-0.05, 0) is 39.0 Å². The van der Waals surface area contributed by atoms with Gasteiger partial charge < -0.3 is 9.42 Å². The third kappa shape index (κ3) is 3.52. The molecule has 7 nitrogen and oxygen atoms in total. The van der Waals surface area contributed by atoms with E-state index in [4.69, 9.17) is 4.52 Å². The van der Waals surface area contributed by atoms with Crippen LogP contribution in [0.3, 0.4) is 0 Å². The second kappa shape index (κ2) is 7.35. The van der Waals surface area contributed by atoms with Gasteiger partial charge in [0.1, 0.15) is 5.69 Å². The van der Waals surface area contributed by atoms with Crippen LogP contribution in [0.4, 0.5) is 0 Å². The Morgan fingerprint density at radius 1 is 1.15 bits per heavy atom. The van der Waals surface area contributed by atoms with Crippen LogP contribution in [-0.4, -0.2) is 44.0 Å². The third-order valence-corrected chi connectivity index (χ3v) is 5.23. The molecule has 0 unspecified atom stereocenters. The van der Waals surface area contributed by atoms with Crippen LogP contribution in [0.5, 0.6) is 0 Å². The van der Waals surface area contributed by atoms with Gasteiger partial charge in [0.25, 0.3) is 5.89 Å². The van der Waals surface area contributed by atoms with Gasteiger partial charge >= 0.3 is 0 Å². The summed E-state index contributed by atoms with van der Waals surface area (Å²) in [7, 11) is 0. The number of aryl methyl sites for hydroxylation is 1. The predicted molar refractivity (Wildman–Crippen MR) is 95.1 cm³/mol. The number of carbonyl (C=O) groups is 1. The number of likely N-dealkylation sites (tertiary alicyclic amines) is 1. The van der Waals surface area contributed by atoms with E-state index in [2.05, 4.69) is 32.3 Å². The van der Waals surface area contributed by atoms with Gasteiger partial charge in [-0.15, -0.1) is 0 Å². The fourth-order valence-electron chi connectivity index (χ4n) is 3.64. The number of allylic oxidation sites excluding steroid dienone is 2. The Bertz CT molecular complexity index is 791. The fourth-order valence-corrected chi connectivity index (χ4v) is 3.64. The molecule has 0 bridgehead atoms. The van der Waals surface area contributed by atoms with Crippen LogP contribution in [0.1, 0.15) is 49.5 Å². The van der Waals surface area contributed by atoms with E-state index in [1.165, 1.54) is 0 Å². The molecule has 1 amide bonds. The highest BCUT2D eigenvalue weighted by Crippen LogP contribution is 2.29. The average molecular weight is 353 g/mol. The number of carbonyl (C=O) groups excluding carboxylic acids is 1. The van der Waals surface area contributed by atoms with Crippen LogP contribution < -0.4 is 0 Å². The Morgan fingerprint density at radius 2 is 2.00 bits per heavy atom. The summed E-state index contributed by atoms with van der Waals surface area (Å²) in [4.78, 5) is 27.6. The molecule has 1 aliphatic heterocycles. The van der Waals surface area contributed by atoms with Crippen LogP contribution in [0, 0.1) is 12.8 Å². The van der Waals surface area contributed by atoms with Gasteiger partial charge in [0.05, 0.1) is 11.9 Å². The first-order valence-corrected chi connectivity index (χ1v) is 9.27. The second-order valence-electron chi connectivity index (χ2n) is 7.08. The van der Waals surface area contributed by atoms with Crippen LogP contribution in [0.2, 0.25) is 0 Å². The van der Waals surface area contributed by atoms with E-state index in [1.54, 1.807) is 12.4 Å². The third-order valence-electron chi connectivity index (χ3n) is 5.23. The first kappa shape index (κ1) is 16.9. The summed E-state index contributed by atoms with van der Waals surface area (Å²) in [6.07, 6.45) is 12.2. The lowest BCUT2D eigenvalue weighted by molar-refractivity contribution is -0.136. The molecule has 1 saturated heterocycles. The molecule has 0 spiro atoms.